The van der Waals surface area contributed by atoms with Gasteiger partial charge in [0.25, 0.3) is 0 Å². The number of hydrogen-bond acceptors (Lipinski definition) is 4. The van der Waals surface area contributed by atoms with Gasteiger partial charge in [-0.3, -0.25) is 4.98 Å². The average Bonchev–Trinajstić information content (AvgIpc) is 2.38. The van der Waals surface area contributed by atoms with Crippen molar-refractivity contribution in [2.75, 3.05) is 6.54 Å². The molecule has 1 unspecified atom stereocenters. The Labute approximate surface area is 105 Å². The lowest BCUT2D eigenvalue weighted by Gasteiger charge is -2.17. The Morgan fingerprint density at radius 1 is 1.28 bits per heavy atom. The van der Waals surface area contributed by atoms with Crippen LogP contribution in [0.25, 0.3) is 0 Å². The number of nitrogens with zero attached hydrogens (tertiary/aromatic N) is 3. The Morgan fingerprint density at radius 2 is 2.00 bits per heavy atom. The number of aromatic nitrogens is 3. The highest BCUT2D eigenvalue weighted by atomic mass is 19.1. The lowest BCUT2D eigenvalue weighted by Crippen LogP contribution is -2.25. The van der Waals surface area contributed by atoms with E-state index in [2.05, 4.69) is 20.3 Å². The van der Waals surface area contributed by atoms with Crippen molar-refractivity contribution >= 4 is 0 Å². The SMILES string of the molecule is CCNC(c1ncc(C)cn1)c1ccncc1F. The minimum absolute atomic E-state index is 0.349. The van der Waals surface area contributed by atoms with E-state index in [-0.39, 0.29) is 11.9 Å². The molecule has 0 aliphatic rings. The Morgan fingerprint density at radius 3 is 2.61 bits per heavy atom. The van der Waals surface area contributed by atoms with Gasteiger partial charge in [0.05, 0.1) is 12.2 Å². The van der Waals surface area contributed by atoms with Gasteiger partial charge < -0.3 is 5.32 Å². The van der Waals surface area contributed by atoms with Gasteiger partial charge in [-0.2, -0.15) is 0 Å². The lowest BCUT2D eigenvalue weighted by molar-refractivity contribution is 0.539. The van der Waals surface area contributed by atoms with Crippen molar-refractivity contribution in [2.24, 2.45) is 0 Å². The molecule has 0 radical (unpaired) electrons. The Kier molecular flexibility index (Phi) is 3.94. The summed E-state index contributed by atoms with van der Waals surface area (Å²) >= 11 is 0. The van der Waals surface area contributed by atoms with E-state index in [1.54, 1.807) is 24.7 Å². The van der Waals surface area contributed by atoms with E-state index in [4.69, 9.17) is 0 Å². The molecule has 1 N–H and O–H groups in total. The van der Waals surface area contributed by atoms with Crippen LogP contribution in [0.5, 0.6) is 0 Å². The zero-order valence-electron chi connectivity index (χ0n) is 10.4. The second kappa shape index (κ2) is 5.64. The molecule has 0 aromatic carbocycles. The zero-order valence-corrected chi connectivity index (χ0v) is 10.4. The summed E-state index contributed by atoms with van der Waals surface area (Å²) < 4.78 is 13.8. The molecule has 0 saturated heterocycles. The molecule has 4 nitrogen and oxygen atoms in total. The van der Waals surface area contributed by atoms with Crippen molar-refractivity contribution < 1.29 is 4.39 Å². The van der Waals surface area contributed by atoms with Crippen molar-refractivity contribution in [3.05, 3.63) is 53.6 Å². The normalized spacial score (nSPS) is 12.4. The van der Waals surface area contributed by atoms with Crippen LogP contribution < -0.4 is 5.32 Å². The van der Waals surface area contributed by atoms with E-state index >= 15 is 0 Å². The summed E-state index contributed by atoms with van der Waals surface area (Å²) in [6.45, 7) is 4.57. The van der Waals surface area contributed by atoms with Crippen LogP contribution >= 0.6 is 0 Å². The second-order valence-electron chi connectivity index (χ2n) is 4.01. The highest BCUT2D eigenvalue weighted by Crippen LogP contribution is 2.20. The smallest absolute Gasteiger partial charge is 0.149 e. The summed E-state index contributed by atoms with van der Waals surface area (Å²) in [5.41, 5.74) is 1.49. The van der Waals surface area contributed by atoms with Crippen LogP contribution in [-0.4, -0.2) is 21.5 Å². The predicted molar refractivity (Wildman–Crippen MR) is 66.5 cm³/mol. The van der Waals surface area contributed by atoms with Crippen LogP contribution in [-0.2, 0) is 0 Å². The van der Waals surface area contributed by atoms with Crippen LogP contribution in [0.1, 0.15) is 29.9 Å². The van der Waals surface area contributed by atoms with Crippen molar-refractivity contribution in [1.29, 1.82) is 0 Å². The lowest BCUT2D eigenvalue weighted by atomic mass is 10.1. The third kappa shape index (κ3) is 2.68. The summed E-state index contributed by atoms with van der Waals surface area (Å²) in [5.74, 6) is 0.208. The zero-order chi connectivity index (χ0) is 13.0. The fraction of sp³-hybridized carbons (Fsp3) is 0.308. The number of pyridine rings is 1. The van der Waals surface area contributed by atoms with E-state index in [0.29, 0.717) is 17.9 Å². The third-order valence-corrected chi connectivity index (χ3v) is 2.58. The summed E-state index contributed by atoms with van der Waals surface area (Å²) in [6.07, 6.45) is 6.22. The minimum atomic E-state index is -0.354. The minimum Gasteiger partial charge on any atom is -0.304 e. The molecule has 0 saturated carbocycles. The highest BCUT2D eigenvalue weighted by molar-refractivity contribution is 5.24. The number of nitrogens with one attached hydrogen (secondary N) is 1. The van der Waals surface area contributed by atoms with Gasteiger partial charge in [-0.15, -0.1) is 0 Å². The van der Waals surface area contributed by atoms with Gasteiger partial charge in [0.15, 0.2) is 0 Å². The molecule has 2 aromatic heterocycles. The van der Waals surface area contributed by atoms with Crippen molar-refractivity contribution in [2.45, 2.75) is 19.9 Å². The van der Waals surface area contributed by atoms with Crippen LogP contribution in [0.2, 0.25) is 0 Å². The van der Waals surface area contributed by atoms with Gasteiger partial charge in [-0.1, -0.05) is 6.92 Å². The van der Waals surface area contributed by atoms with E-state index in [1.807, 2.05) is 13.8 Å². The first-order valence-corrected chi connectivity index (χ1v) is 5.83. The van der Waals surface area contributed by atoms with E-state index < -0.39 is 0 Å². The molecule has 18 heavy (non-hydrogen) atoms. The molecular weight excluding hydrogens is 231 g/mol. The summed E-state index contributed by atoms with van der Waals surface area (Å²) in [4.78, 5) is 12.3. The molecule has 2 heterocycles. The summed E-state index contributed by atoms with van der Waals surface area (Å²) in [6, 6.07) is 1.30. The monoisotopic (exact) mass is 246 g/mol. The van der Waals surface area contributed by atoms with Crippen LogP contribution in [0, 0.1) is 12.7 Å². The first-order valence-electron chi connectivity index (χ1n) is 5.83. The number of aryl methyl sites for hydroxylation is 1. The molecule has 0 bridgehead atoms. The molecule has 5 heteroatoms. The van der Waals surface area contributed by atoms with Crippen molar-refractivity contribution in [1.82, 2.24) is 20.3 Å². The quantitative estimate of drug-likeness (QED) is 0.896. The molecule has 94 valence electrons. The standard InChI is InChI=1S/C13H15FN4/c1-3-16-12(10-4-5-15-8-11(10)14)13-17-6-9(2)7-18-13/h4-8,12,16H,3H2,1-2H3. The van der Waals surface area contributed by atoms with E-state index in [9.17, 15) is 4.39 Å². The fourth-order valence-electron chi connectivity index (χ4n) is 1.72. The van der Waals surface area contributed by atoms with Gasteiger partial charge in [-0.25, -0.2) is 14.4 Å². The maximum absolute atomic E-state index is 13.8. The molecule has 0 aliphatic carbocycles. The predicted octanol–water partition coefficient (Wildman–Crippen LogP) is 2.02. The summed E-state index contributed by atoms with van der Waals surface area (Å²) in [5, 5.41) is 3.18. The molecule has 0 aliphatic heterocycles. The Balaban J connectivity index is 2.40. The van der Waals surface area contributed by atoms with Gasteiger partial charge in [0.2, 0.25) is 0 Å². The first kappa shape index (κ1) is 12.6. The molecule has 1 atom stereocenters. The molecule has 0 spiro atoms. The maximum atomic E-state index is 13.8. The van der Waals surface area contributed by atoms with Gasteiger partial charge >= 0.3 is 0 Å². The highest BCUT2D eigenvalue weighted by Gasteiger charge is 2.19. The second-order valence-corrected chi connectivity index (χ2v) is 4.01. The average molecular weight is 246 g/mol. The van der Waals surface area contributed by atoms with Crippen LogP contribution in [0.4, 0.5) is 4.39 Å². The van der Waals surface area contributed by atoms with E-state index in [0.717, 1.165) is 5.56 Å². The van der Waals surface area contributed by atoms with Crippen LogP contribution in [0.15, 0.2) is 30.9 Å². The third-order valence-electron chi connectivity index (χ3n) is 2.58. The van der Waals surface area contributed by atoms with Gasteiger partial charge in [0.1, 0.15) is 11.6 Å². The Hall–Kier alpha value is -1.88. The van der Waals surface area contributed by atoms with E-state index in [1.165, 1.54) is 6.20 Å². The molecular formula is C13H15FN4. The molecule has 2 rings (SSSR count). The maximum Gasteiger partial charge on any atom is 0.149 e. The number of halogens is 1. The number of rotatable bonds is 4. The molecule has 0 fully saturated rings. The molecule has 0 amide bonds. The topological polar surface area (TPSA) is 50.7 Å². The first-order chi connectivity index (χ1) is 8.72. The fourth-order valence-corrected chi connectivity index (χ4v) is 1.72. The van der Waals surface area contributed by atoms with Crippen molar-refractivity contribution in [3.8, 4) is 0 Å². The van der Waals surface area contributed by atoms with Gasteiger partial charge in [0, 0.05) is 24.2 Å². The van der Waals surface area contributed by atoms with Crippen molar-refractivity contribution in [3.63, 3.8) is 0 Å². The van der Waals surface area contributed by atoms with Gasteiger partial charge in [-0.05, 0) is 25.1 Å². The molecule has 2 aromatic rings. The largest absolute Gasteiger partial charge is 0.304 e. The number of hydrogen-bond donors (Lipinski definition) is 1. The Bertz CT molecular complexity index is 513. The van der Waals surface area contributed by atoms with Crippen LogP contribution in [0.3, 0.4) is 0 Å². The summed E-state index contributed by atoms with van der Waals surface area (Å²) in [7, 11) is 0.